The highest BCUT2D eigenvalue weighted by Gasteiger charge is 2.31. The molecule has 0 saturated carbocycles. The SMILES string of the molecule is CCC1CCC(C)(C)c2ccccc21. The van der Waals surface area contributed by atoms with Crippen molar-refractivity contribution in [1.29, 1.82) is 0 Å². The molecule has 14 heavy (non-hydrogen) atoms. The lowest BCUT2D eigenvalue weighted by atomic mass is 9.68. The zero-order valence-corrected chi connectivity index (χ0v) is 9.51. The van der Waals surface area contributed by atoms with Gasteiger partial charge in [-0.15, -0.1) is 0 Å². The summed E-state index contributed by atoms with van der Waals surface area (Å²) in [5, 5.41) is 0. The predicted molar refractivity (Wildman–Crippen MR) is 61.7 cm³/mol. The molecule has 0 spiro atoms. The first-order valence-corrected chi connectivity index (χ1v) is 5.74. The Bertz CT molecular complexity index is 323. The molecular formula is C14H20. The second-order valence-electron chi connectivity index (χ2n) is 5.11. The van der Waals surface area contributed by atoms with E-state index in [1.54, 1.807) is 11.1 Å². The second-order valence-corrected chi connectivity index (χ2v) is 5.11. The van der Waals surface area contributed by atoms with E-state index in [-0.39, 0.29) is 0 Å². The molecule has 1 aromatic carbocycles. The number of fused-ring (bicyclic) bond motifs is 1. The van der Waals surface area contributed by atoms with Gasteiger partial charge in [-0.1, -0.05) is 45.0 Å². The van der Waals surface area contributed by atoms with Crippen LogP contribution in [0, 0.1) is 0 Å². The van der Waals surface area contributed by atoms with Crippen molar-refractivity contribution in [2.75, 3.05) is 0 Å². The minimum atomic E-state index is 0.391. The third-order valence-corrected chi connectivity index (χ3v) is 3.74. The van der Waals surface area contributed by atoms with Crippen molar-refractivity contribution in [2.24, 2.45) is 0 Å². The summed E-state index contributed by atoms with van der Waals surface area (Å²) >= 11 is 0. The first-order valence-electron chi connectivity index (χ1n) is 5.74. The lowest BCUT2D eigenvalue weighted by Gasteiger charge is -2.36. The molecule has 1 aliphatic rings. The van der Waals surface area contributed by atoms with Crippen molar-refractivity contribution in [3.05, 3.63) is 35.4 Å². The van der Waals surface area contributed by atoms with E-state index < -0.39 is 0 Å². The fourth-order valence-corrected chi connectivity index (χ4v) is 2.72. The van der Waals surface area contributed by atoms with Crippen LogP contribution in [0.15, 0.2) is 24.3 Å². The largest absolute Gasteiger partial charge is 0.0648 e. The van der Waals surface area contributed by atoms with E-state index in [1.165, 1.54) is 19.3 Å². The average Bonchev–Trinajstić information content (AvgIpc) is 2.18. The van der Waals surface area contributed by atoms with E-state index in [4.69, 9.17) is 0 Å². The van der Waals surface area contributed by atoms with E-state index >= 15 is 0 Å². The van der Waals surface area contributed by atoms with Crippen molar-refractivity contribution in [2.45, 2.75) is 51.4 Å². The van der Waals surface area contributed by atoms with Gasteiger partial charge in [0.25, 0.3) is 0 Å². The van der Waals surface area contributed by atoms with Gasteiger partial charge in [0.15, 0.2) is 0 Å². The molecule has 1 aromatic rings. The maximum atomic E-state index is 2.37. The van der Waals surface area contributed by atoms with Gasteiger partial charge in [0, 0.05) is 0 Å². The summed E-state index contributed by atoms with van der Waals surface area (Å²) in [5.41, 5.74) is 3.58. The van der Waals surface area contributed by atoms with Crippen LogP contribution in [0.25, 0.3) is 0 Å². The number of rotatable bonds is 1. The van der Waals surface area contributed by atoms with E-state index in [0.29, 0.717) is 5.41 Å². The summed E-state index contributed by atoms with van der Waals surface area (Å²) in [6, 6.07) is 9.00. The molecule has 0 nitrogen and oxygen atoms in total. The van der Waals surface area contributed by atoms with Gasteiger partial charge >= 0.3 is 0 Å². The van der Waals surface area contributed by atoms with Crippen molar-refractivity contribution >= 4 is 0 Å². The van der Waals surface area contributed by atoms with Crippen molar-refractivity contribution < 1.29 is 0 Å². The zero-order chi connectivity index (χ0) is 10.2. The Morgan fingerprint density at radius 1 is 1.29 bits per heavy atom. The molecule has 2 rings (SSSR count). The Morgan fingerprint density at radius 2 is 2.00 bits per heavy atom. The van der Waals surface area contributed by atoms with Gasteiger partial charge in [-0.2, -0.15) is 0 Å². The Morgan fingerprint density at radius 3 is 2.71 bits per heavy atom. The third-order valence-electron chi connectivity index (χ3n) is 3.74. The minimum Gasteiger partial charge on any atom is -0.0648 e. The highest BCUT2D eigenvalue weighted by Crippen LogP contribution is 2.43. The van der Waals surface area contributed by atoms with Crippen LogP contribution < -0.4 is 0 Å². The molecule has 0 fully saturated rings. The predicted octanol–water partition coefficient (Wildman–Crippen LogP) is 4.25. The molecule has 1 atom stereocenters. The van der Waals surface area contributed by atoms with Crippen molar-refractivity contribution in [1.82, 2.24) is 0 Å². The van der Waals surface area contributed by atoms with Crippen LogP contribution in [-0.4, -0.2) is 0 Å². The Hall–Kier alpha value is -0.780. The molecule has 1 aliphatic carbocycles. The number of benzene rings is 1. The van der Waals surface area contributed by atoms with Crippen LogP contribution >= 0.6 is 0 Å². The molecule has 0 aliphatic heterocycles. The Kier molecular flexibility index (Phi) is 2.38. The van der Waals surface area contributed by atoms with Crippen LogP contribution in [0.5, 0.6) is 0 Å². The fourth-order valence-electron chi connectivity index (χ4n) is 2.72. The van der Waals surface area contributed by atoms with Crippen molar-refractivity contribution in [3.63, 3.8) is 0 Å². The molecule has 0 aromatic heterocycles. The minimum absolute atomic E-state index is 0.391. The van der Waals surface area contributed by atoms with E-state index in [2.05, 4.69) is 45.0 Å². The highest BCUT2D eigenvalue weighted by atomic mass is 14.3. The van der Waals surface area contributed by atoms with Crippen LogP contribution in [0.4, 0.5) is 0 Å². The van der Waals surface area contributed by atoms with Gasteiger partial charge in [0.2, 0.25) is 0 Å². The molecule has 0 amide bonds. The summed E-state index contributed by atoms with van der Waals surface area (Å²) in [5.74, 6) is 0.805. The smallest absolute Gasteiger partial charge is 0.0101 e. The van der Waals surface area contributed by atoms with Gasteiger partial charge in [0.05, 0.1) is 0 Å². The summed E-state index contributed by atoms with van der Waals surface area (Å²) in [7, 11) is 0. The second kappa shape index (κ2) is 3.42. The maximum absolute atomic E-state index is 2.37. The average molecular weight is 188 g/mol. The first-order chi connectivity index (χ1) is 6.65. The number of hydrogen-bond acceptors (Lipinski definition) is 0. The summed E-state index contributed by atoms with van der Waals surface area (Å²) in [6.07, 6.45) is 3.98. The molecule has 76 valence electrons. The highest BCUT2D eigenvalue weighted by molar-refractivity contribution is 5.38. The van der Waals surface area contributed by atoms with Gasteiger partial charge in [0.1, 0.15) is 0 Å². The summed E-state index contributed by atoms with van der Waals surface area (Å²) in [4.78, 5) is 0. The Balaban J connectivity index is 2.49. The van der Waals surface area contributed by atoms with Gasteiger partial charge < -0.3 is 0 Å². The summed E-state index contributed by atoms with van der Waals surface area (Å²) in [6.45, 7) is 7.05. The molecular weight excluding hydrogens is 168 g/mol. The van der Waals surface area contributed by atoms with Crippen LogP contribution in [0.1, 0.15) is 57.1 Å². The molecule has 0 heteroatoms. The molecule has 0 radical (unpaired) electrons. The third kappa shape index (κ3) is 1.47. The molecule has 1 unspecified atom stereocenters. The lowest BCUT2D eigenvalue weighted by molar-refractivity contribution is 0.387. The molecule has 0 bridgehead atoms. The van der Waals surface area contributed by atoms with Gasteiger partial charge in [-0.3, -0.25) is 0 Å². The standard InChI is InChI=1S/C14H20/c1-4-11-9-10-14(2,3)13-8-6-5-7-12(11)13/h5-8,11H,4,9-10H2,1-3H3. The lowest BCUT2D eigenvalue weighted by Crippen LogP contribution is -2.25. The van der Waals surface area contributed by atoms with Gasteiger partial charge in [-0.05, 0) is 41.7 Å². The fraction of sp³-hybridized carbons (Fsp3) is 0.571. The topological polar surface area (TPSA) is 0 Å². The normalized spacial score (nSPS) is 24.4. The molecule has 0 saturated heterocycles. The van der Waals surface area contributed by atoms with Gasteiger partial charge in [-0.25, -0.2) is 0 Å². The van der Waals surface area contributed by atoms with E-state index in [0.717, 1.165) is 5.92 Å². The number of hydrogen-bond donors (Lipinski definition) is 0. The zero-order valence-electron chi connectivity index (χ0n) is 9.51. The Labute approximate surface area is 87.3 Å². The maximum Gasteiger partial charge on any atom is -0.0101 e. The van der Waals surface area contributed by atoms with Crippen molar-refractivity contribution in [3.8, 4) is 0 Å². The summed E-state index contributed by atoms with van der Waals surface area (Å²) < 4.78 is 0. The monoisotopic (exact) mass is 188 g/mol. The molecule has 0 heterocycles. The van der Waals surface area contributed by atoms with Crippen LogP contribution in [0.3, 0.4) is 0 Å². The van der Waals surface area contributed by atoms with E-state index in [1.807, 2.05) is 0 Å². The van der Waals surface area contributed by atoms with E-state index in [9.17, 15) is 0 Å². The van der Waals surface area contributed by atoms with Crippen LogP contribution in [-0.2, 0) is 5.41 Å². The van der Waals surface area contributed by atoms with Crippen LogP contribution in [0.2, 0.25) is 0 Å². The quantitative estimate of drug-likeness (QED) is 0.618. The molecule has 0 N–H and O–H groups in total. The first kappa shape index (κ1) is 9.76.